The van der Waals surface area contributed by atoms with E-state index in [-0.39, 0.29) is 21.3 Å². The van der Waals surface area contributed by atoms with Crippen LogP contribution in [0.4, 0.5) is 15.8 Å². The highest BCUT2D eigenvalue weighted by atomic mass is 35.5. The van der Waals surface area contributed by atoms with Gasteiger partial charge in [-0.3, -0.25) is 4.79 Å². The van der Waals surface area contributed by atoms with E-state index in [9.17, 15) is 9.18 Å². The van der Waals surface area contributed by atoms with Gasteiger partial charge in [0.15, 0.2) is 0 Å². The zero-order chi connectivity index (χ0) is 14.0. The van der Waals surface area contributed by atoms with E-state index in [4.69, 9.17) is 28.9 Å². The lowest BCUT2D eigenvalue weighted by Gasteiger charge is -2.09. The van der Waals surface area contributed by atoms with Gasteiger partial charge in [0.1, 0.15) is 5.82 Å². The minimum absolute atomic E-state index is 0.180. The molecule has 6 heteroatoms. The van der Waals surface area contributed by atoms with Crippen molar-refractivity contribution in [3.05, 3.63) is 57.8 Å². The minimum Gasteiger partial charge on any atom is -0.399 e. The normalized spacial score (nSPS) is 10.3. The van der Waals surface area contributed by atoms with Gasteiger partial charge >= 0.3 is 0 Å². The number of nitrogens with two attached hydrogens (primary N) is 1. The number of rotatable bonds is 2. The third-order valence-electron chi connectivity index (χ3n) is 2.41. The van der Waals surface area contributed by atoms with Crippen molar-refractivity contribution in [3.63, 3.8) is 0 Å². The van der Waals surface area contributed by atoms with Crippen LogP contribution in [0.15, 0.2) is 36.4 Å². The summed E-state index contributed by atoms with van der Waals surface area (Å²) in [6, 6.07) is 8.19. The zero-order valence-corrected chi connectivity index (χ0v) is 11.1. The van der Waals surface area contributed by atoms with E-state index < -0.39 is 11.7 Å². The second kappa shape index (κ2) is 5.47. The number of amides is 1. The fraction of sp³-hybridized carbons (Fsp3) is 0. The highest BCUT2D eigenvalue weighted by molar-refractivity contribution is 6.36. The quantitative estimate of drug-likeness (QED) is 0.824. The summed E-state index contributed by atoms with van der Waals surface area (Å²) in [5.41, 5.74) is 6.40. The number of nitrogens with one attached hydrogen (secondary N) is 1. The van der Waals surface area contributed by atoms with Gasteiger partial charge in [0.25, 0.3) is 5.91 Å². The second-order valence-corrected chi connectivity index (χ2v) is 4.63. The first-order valence-corrected chi connectivity index (χ1v) is 6.04. The Labute approximate surface area is 119 Å². The average Bonchev–Trinajstić information content (AvgIpc) is 2.33. The SMILES string of the molecule is Nc1ccc(C(=O)Nc2cc(F)ccc2Cl)c(Cl)c1. The summed E-state index contributed by atoms with van der Waals surface area (Å²) in [4.78, 5) is 12.0. The van der Waals surface area contributed by atoms with Crippen LogP contribution in [0, 0.1) is 5.82 Å². The van der Waals surface area contributed by atoms with Crippen LogP contribution in [-0.4, -0.2) is 5.91 Å². The molecule has 0 aliphatic carbocycles. The van der Waals surface area contributed by atoms with Gasteiger partial charge in [-0.2, -0.15) is 0 Å². The second-order valence-electron chi connectivity index (χ2n) is 3.82. The van der Waals surface area contributed by atoms with E-state index in [1.165, 1.54) is 24.3 Å². The van der Waals surface area contributed by atoms with Gasteiger partial charge in [0.2, 0.25) is 0 Å². The van der Waals surface area contributed by atoms with Gasteiger partial charge in [0, 0.05) is 5.69 Å². The number of carbonyl (C=O) groups excluding carboxylic acids is 1. The van der Waals surface area contributed by atoms with Crippen LogP contribution in [0.2, 0.25) is 10.0 Å². The van der Waals surface area contributed by atoms with E-state index >= 15 is 0 Å². The van der Waals surface area contributed by atoms with Crippen molar-refractivity contribution >= 4 is 40.5 Å². The first-order chi connectivity index (χ1) is 8.97. The Hall–Kier alpha value is -1.78. The van der Waals surface area contributed by atoms with Crippen molar-refractivity contribution < 1.29 is 9.18 Å². The van der Waals surface area contributed by atoms with E-state index in [0.29, 0.717) is 5.69 Å². The summed E-state index contributed by atoms with van der Waals surface area (Å²) < 4.78 is 13.1. The highest BCUT2D eigenvalue weighted by Gasteiger charge is 2.12. The molecule has 0 aliphatic rings. The summed E-state index contributed by atoms with van der Waals surface area (Å²) >= 11 is 11.8. The molecule has 0 aromatic heterocycles. The number of hydrogen-bond donors (Lipinski definition) is 2. The van der Waals surface area contributed by atoms with Crippen LogP contribution in [0.1, 0.15) is 10.4 Å². The lowest BCUT2D eigenvalue weighted by atomic mass is 10.2. The Balaban J connectivity index is 2.28. The van der Waals surface area contributed by atoms with Crippen LogP contribution < -0.4 is 11.1 Å². The van der Waals surface area contributed by atoms with Crippen molar-refractivity contribution in [2.75, 3.05) is 11.1 Å². The maximum atomic E-state index is 13.1. The van der Waals surface area contributed by atoms with Crippen molar-refractivity contribution in [1.29, 1.82) is 0 Å². The number of carbonyl (C=O) groups is 1. The molecule has 0 radical (unpaired) electrons. The smallest absolute Gasteiger partial charge is 0.257 e. The van der Waals surface area contributed by atoms with E-state index in [1.54, 1.807) is 6.07 Å². The topological polar surface area (TPSA) is 55.1 Å². The molecule has 2 rings (SSSR count). The third-order valence-corrected chi connectivity index (χ3v) is 3.06. The lowest BCUT2D eigenvalue weighted by Crippen LogP contribution is -2.13. The molecular weight excluding hydrogens is 290 g/mol. The Bertz CT molecular complexity index is 647. The van der Waals surface area contributed by atoms with Gasteiger partial charge in [-0.25, -0.2) is 4.39 Å². The van der Waals surface area contributed by atoms with E-state index in [2.05, 4.69) is 5.32 Å². The number of hydrogen-bond acceptors (Lipinski definition) is 2. The summed E-state index contributed by atoms with van der Waals surface area (Å²) in [6.07, 6.45) is 0. The molecule has 2 aromatic rings. The van der Waals surface area contributed by atoms with E-state index in [0.717, 1.165) is 6.07 Å². The molecule has 2 aromatic carbocycles. The van der Waals surface area contributed by atoms with Gasteiger partial charge in [-0.15, -0.1) is 0 Å². The van der Waals surface area contributed by atoms with Crippen LogP contribution in [0.5, 0.6) is 0 Å². The fourth-order valence-electron chi connectivity index (χ4n) is 1.50. The van der Waals surface area contributed by atoms with Crippen molar-refractivity contribution in [2.45, 2.75) is 0 Å². The molecule has 0 spiro atoms. The van der Waals surface area contributed by atoms with E-state index in [1.807, 2.05) is 0 Å². The number of benzene rings is 2. The number of halogens is 3. The Morgan fingerprint density at radius 3 is 2.53 bits per heavy atom. The minimum atomic E-state index is -0.497. The summed E-state index contributed by atoms with van der Waals surface area (Å²) in [5, 5.41) is 2.94. The Kier molecular flexibility index (Phi) is 3.93. The molecule has 0 saturated heterocycles. The molecule has 0 unspecified atom stereocenters. The van der Waals surface area contributed by atoms with Crippen molar-refractivity contribution in [3.8, 4) is 0 Å². The predicted octanol–water partition coefficient (Wildman–Crippen LogP) is 3.97. The molecule has 0 heterocycles. The molecule has 0 fully saturated rings. The zero-order valence-electron chi connectivity index (χ0n) is 9.58. The summed E-state index contributed by atoms with van der Waals surface area (Å²) in [5.74, 6) is -0.986. The molecule has 98 valence electrons. The van der Waals surface area contributed by atoms with Crippen molar-refractivity contribution in [1.82, 2.24) is 0 Å². The van der Waals surface area contributed by atoms with Gasteiger partial charge < -0.3 is 11.1 Å². The molecule has 3 N–H and O–H groups in total. The largest absolute Gasteiger partial charge is 0.399 e. The fourth-order valence-corrected chi connectivity index (χ4v) is 1.94. The number of anilines is 2. The first kappa shape index (κ1) is 13.6. The molecule has 1 amide bonds. The van der Waals surface area contributed by atoms with Crippen LogP contribution >= 0.6 is 23.2 Å². The number of nitrogen functional groups attached to an aromatic ring is 1. The van der Waals surface area contributed by atoms with Gasteiger partial charge in [0.05, 0.1) is 21.3 Å². The molecular formula is C13H9Cl2FN2O. The maximum absolute atomic E-state index is 13.1. The predicted molar refractivity (Wildman–Crippen MR) is 75.2 cm³/mol. The van der Waals surface area contributed by atoms with Crippen LogP contribution in [-0.2, 0) is 0 Å². The van der Waals surface area contributed by atoms with Gasteiger partial charge in [-0.05, 0) is 36.4 Å². The standard InChI is InChI=1S/C13H9Cl2FN2O/c14-10-4-1-7(16)5-12(10)18-13(19)9-3-2-8(17)6-11(9)15/h1-6H,17H2,(H,18,19). The maximum Gasteiger partial charge on any atom is 0.257 e. The molecule has 0 atom stereocenters. The van der Waals surface area contributed by atoms with Crippen LogP contribution in [0.25, 0.3) is 0 Å². The average molecular weight is 299 g/mol. The molecule has 0 aliphatic heterocycles. The summed E-state index contributed by atoms with van der Waals surface area (Å²) in [6.45, 7) is 0. The lowest BCUT2D eigenvalue weighted by molar-refractivity contribution is 0.102. The first-order valence-electron chi connectivity index (χ1n) is 5.29. The molecule has 0 bridgehead atoms. The molecule has 3 nitrogen and oxygen atoms in total. The monoisotopic (exact) mass is 298 g/mol. The van der Waals surface area contributed by atoms with Crippen LogP contribution in [0.3, 0.4) is 0 Å². The summed E-state index contributed by atoms with van der Waals surface area (Å²) in [7, 11) is 0. The van der Waals surface area contributed by atoms with Gasteiger partial charge in [-0.1, -0.05) is 23.2 Å². The van der Waals surface area contributed by atoms with Crippen molar-refractivity contribution in [2.24, 2.45) is 0 Å². The molecule has 19 heavy (non-hydrogen) atoms. The highest BCUT2D eigenvalue weighted by Crippen LogP contribution is 2.25. The third kappa shape index (κ3) is 3.16. The molecule has 0 saturated carbocycles. The Morgan fingerprint density at radius 2 is 1.84 bits per heavy atom. The Morgan fingerprint density at radius 1 is 1.11 bits per heavy atom.